The zero-order chi connectivity index (χ0) is 13.4. The first kappa shape index (κ1) is 14.5. The molecule has 6 heteroatoms. The molecule has 0 aliphatic rings. The predicted octanol–water partition coefficient (Wildman–Crippen LogP) is 1.36. The number of carbonyl (C=O) groups is 2. The summed E-state index contributed by atoms with van der Waals surface area (Å²) in [6.07, 6.45) is 1.09. The summed E-state index contributed by atoms with van der Waals surface area (Å²) in [5.41, 5.74) is 6.20. The fraction of sp³-hybridized carbons (Fsp3) is 0.333. The molecule has 98 valence electrons. The number of carbonyl (C=O) groups excluding carboxylic acids is 2. The van der Waals surface area contributed by atoms with E-state index < -0.39 is 6.03 Å². The Bertz CT molecular complexity index is 412. The van der Waals surface area contributed by atoms with Crippen molar-refractivity contribution >= 4 is 24.0 Å². The lowest BCUT2D eigenvalue weighted by atomic mass is 10.2. The fourth-order valence-electron chi connectivity index (χ4n) is 1.39. The molecule has 0 saturated carbocycles. The molecule has 1 aromatic carbocycles. The molecule has 1 rings (SSSR count). The van der Waals surface area contributed by atoms with E-state index in [1.807, 2.05) is 6.07 Å². The molecule has 0 unspecified atom stereocenters. The summed E-state index contributed by atoms with van der Waals surface area (Å²) >= 11 is 5.83. The largest absolute Gasteiger partial charge is 0.334 e. The van der Waals surface area contributed by atoms with Gasteiger partial charge in [-0.2, -0.15) is 0 Å². The zero-order valence-corrected chi connectivity index (χ0v) is 10.7. The lowest BCUT2D eigenvalue weighted by Gasteiger charge is -2.15. The third-order valence-corrected chi connectivity index (χ3v) is 2.56. The summed E-state index contributed by atoms with van der Waals surface area (Å²) in [6.45, 7) is 1.08. The molecular weight excluding hydrogens is 254 g/mol. The van der Waals surface area contributed by atoms with Crippen LogP contribution in [-0.2, 0) is 11.3 Å². The number of benzene rings is 1. The lowest BCUT2D eigenvalue weighted by Crippen LogP contribution is -2.39. The van der Waals surface area contributed by atoms with E-state index in [2.05, 4.69) is 5.32 Å². The van der Waals surface area contributed by atoms with Gasteiger partial charge in [0.15, 0.2) is 0 Å². The molecule has 18 heavy (non-hydrogen) atoms. The highest BCUT2D eigenvalue weighted by molar-refractivity contribution is 6.30. The van der Waals surface area contributed by atoms with E-state index in [0.717, 1.165) is 10.5 Å². The highest BCUT2D eigenvalue weighted by atomic mass is 35.5. The van der Waals surface area contributed by atoms with E-state index in [0.29, 0.717) is 37.5 Å². The highest BCUT2D eigenvalue weighted by Gasteiger charge is 2.10. The zero-order valence-electron chi connectivity index (χ0n) is 9.93. The van der Waals surface area contributed by atoms with Gasteiger partial charge in [-0.3, -0.25) is 9.69 Å². The molecule has 0 bridgehead atoms. The second kappa shape index (κ2) is 7.68. The molecule has 3 amide bonds. The third kappa shape index (κ3) is 4.73. The van der Waals surface area contributed by atoms with Crippen LogP contribution < -0.4 is 11.1 Å². The minimum Gasteiger partial charge on any atom is -0.334 e. The normalized spacial score (nSPS) is 9.89. The SMILES string of the molecule is NCCCN(C=O)C(=O)NCc1cccc(Cl)c1. The number of urea groups is 1. The number of imide groups is 1. The maximum atomic E-state index is 11.6. The number of nitrogens with zero attached hydrogens (tertiary/aromatic N) is 1. The van der Waals surface area contributed by atoms with Crippen molar-refractivity contribution in [2.24, 2.45) is 5.73 Å². The van der Waals surface area contributed by atoms with Crippen molar-refractivity contribution in [2.45, 2.75) is 13.0 Å². The second-order valence-corrected chi connectivity index (χ2v) is 4.17. The molecule has 0 spiro atoms. The quantitative estimate of drug-likeness (QED) is 0.766. The molecule has 3 N–H and O–H groups in total. The van der Waals surface area contributed by atoms with Crippen molar-refractivity contribution in [1.82, 2.24) is 10.2 Å². The maximum Gasteiger partial charge on any atom is 0.324 e. The number of amides is 3. The molecule has 0 atom stereocenters. The first-order chi connectivity index (χ1) is 8.67. The summed E-state index contributed by atoms with van der Waals surface area (Å²) in [5.74, 6) is 0. The molecule has 0 aliphatic carbocycles. The Morgan fingerprint density at radius 1 is 1.50 bits per heavy atom. The topological polar surface area (TPSA) is 75.4 Å². The van der Waals surface area contributed by atoms with Crippen molar-refractivity contribution in [1.29, 1.82) is 0 Å². The van der Waals surface area contributed by atoms with E-state index in [1.165, 1.54) is 0 Å². The summed E-state index contributed by atoms with van der Waals surface area (Å²) in [6, 6.07) is 6.73. The van der Waals surface area contributed by atoms with Gasteiger partial charge in [-0.1, -0.05) is 23.7 Å². The van der Waals surface area contributed by atoms with Crippen LogP contribution in [0.25, 0.3) is 0 Å². The molecule has 0 aliphatic heterocycles. The molecule has 0 aromatic heterocycles. The average Bonchev–Trinajstić information content (AvgIpc) is 2.37. The third-order valence-electron chi connectivity index (χ3n) is 2.32. The smallest absolute Gasteiger partial charge is 0.324 e. The Morgan fingerprint density at radius 3 is 2.89 bits per heavy atom. The lowest BCUT2D eigenvalue weighted by molar-refractivity contribution is -0.115. The molecule has 5 nitrogen and oxygen atoms in total. The highest BCUT2D eigenvalue weighted by Crippen LogP contribution is 2.10. The van der Waals surface area contributed by atoms with Gasteiger partial charge in [0.25, 0.3) is 0 Å². The van der Waals surface area contributed by atoms with Crippen molar-refractivity contribution in [3.8, 4) is 0 Å². The van der Waals surface area contributed by atoms with Crippen LogP contribution in [0.5, 0.6) is 0 Å². The Balaban J connectivity index is 2.46. The molecule has 0 radical (unpaired) electrons. The van der Waals surface area contributed by atoms with E-state index in [4.69, 9.17) is 17.3 Å². The fourth-order valence-corrected chi connectivity index (χ4v) is 1.60. The number of halogens is 1. The van der Waals surface area contributed by atoms with Crippen LogP contribution in [-0.4, -0.2) is 30.4 Å². The number of hydrogen-bond acceptors (Lipinski definition) is 3. The Kier molecular flexibility index (Phi) is 6.18. The van der Waals surface area contributed by atoms with Gasteiger partial charge in [0.1, 0.15) is 0 Å². The molecule has 1 aromatic rings. The van der Waals surface area contributed by atoms with Gasteiger partial charge in [-0.05, 0) is 30.7 Å². The van der Waals surface area contributed by atoms with Gasteiger partial charge in [0, 0.05) is 18.1 Å². The van der Waals surface area contributed by atoms with E-state index in [1.54, 1.807) is 18.2 Å². The summed E-state index contributed by atoms with van der Waals surface area (Å²) in [4.78, 5) is 23.4. The predicted molar refractivity (Wildman–Crippen MR) is 70.1 cm³/mol. The molecule has 0 saturated heterocycles. The number of nitrogens with one attached hydrogen (secondary N) is 1. The van der Waals surface area contributed by atoms with Gasteiger partial charge < -0.3 is 11.1 Å². The van der Waals surface area contributed by atoms with E-state index in [9.17, 15) is 9.59 Å². The van der Waals surface area contributed by atoms with Crippen LogP contribution in [0.4, 0.5) is 4.79 Å². The van der Waals surface area contributed by atoms with Crippen LogP contribution in [0.15, 0.2) is 24.3 Å². The van der Waals surface area contributed by atoms with Crippen LogP contribution in [0.3, 0.4) is 0 Å². The van der Waals surface area contributed by atoms with E-state index in [-0.39, 0.29) is 0 Å². The first-order valence-electron chi connectivity index (χ1n) is 5.61. The van der Waals surface area contributed by atoms with Gasteiger partial charge in [-0.25, -0.2) is 4.79 Å². The van der Waals surface area contributed by atoms with Crippen LogP contribution >= 0.6 is 11.6 Å². The number of hydrogen-bond donors (Lipinski definition) is 2. The number of nitrogens with two attached hydrogens (primary N) is 1. The summed E-state index contributed by atoms with van der Waals surface area (Å²) in [5, 5.41) is 3.25. The van der Waals surface area contributed by atoms with Crippen LogP contribution in [0.2, 0.25) is 5.02 Å². The van der Waals surface area contributed by atoms with Gasteiger partial charge in [0.05, 0.1) is 0 Å². The Hall–Kier alpha value is -1.59. The van der Waals surface area contributed by atoms with Crippen molar-refractivity contribution in [3.05, 3.63) is 34.9 Å². The van der Waals surface area contributed by atoms with Crippen LogP contribution in [0.1, 0.15) is 12.0 Å². The average molecular weight is 270 g/mol. The minimum absolute atomic E-state index is 0.321. The Labute approximate surface area is 111 Å². The summed E-state index contributed by atoms with van der Waals surface area (Å²) in [7, 11) is 0. The van der Waals surface area contributed by atoms with Crippen molar-refractivity contribution in [2.75, 3.05) is 13.1 Å². The van der Waals surface area contributed by atoms with Crippen molar-refractivity contribution < 1.29 is 9.59 Å². The van der Waals surface area contributed by atoms with E-state index >= 15 is 0 Å². The van der Waals surface area contributed by atoms with Crippen molar-refractivity contribution in [3.63, 3.8) is 0 Å². The Morgan fingerprint density at radius 2 is 2.28 bits per heavy atom. The van der Waals surface area contributed by atoms with Gasteiger partial charge in [-0.15, -0.1) is 0 Å². The van der Waals surface area contributed by atoms with Gasteiger partial charge >= 0.3 is 6.03 Å². The summed E-state index contributed by atoms with van der Waals surface area (Å²) < 4.78 is 0. The minimum atomic E-state index is -0.432. The second-order valence-electron chi connectivity index (χ2n) is 3.73. The molecular formula is C12H16ClN3O2. The van der Waals surface area contributed by atoms with Crippen LogP contribution in [0, 0.1) is 0 Å². The van der Waals surface area contributed by atoms with Gasteiger partial charge in [0.2, 0.25) is 6.41 Å². The maximum absolute atomic E-state index is 11.6. The monoisotopic (exact) mass is 269 g/mol. The standard InChI is InChI=1S/C12H16ClN3O2/c13-11-4-1-3-10(7-11)8-15-12(18)16(9-17)6-2-5-14/h1,3-4,7,9H,2,5-6,8,14H2,(H,15,18). The molecule has 0 fully saturated rings. The molecule has 0 heterocycles. The number of rotatable bonds is 6. The first-order valence-corrected chi connectivity index (χ1v) is 5.99.